The number of hydrogen-bond acceptors (Lipinski definition) is 4. The SMILES string of the molecule is Nc1ccc2c(c1)CCCN2Cc1ccccc1[N+](=O)[O-]. The number of rotatable bonds is 3. The molecule has 21 heavy (non-hydrogen) atoms. The van der Waals surface area contributed by atoms with Crippen molar-refractivity contribution in [1.29, 1.82) is 0 Å². The van der Waals surface area contributed by atoms with E-state index in [0.717, 1.165) is 36.3 Å². The molecule has 0 radical (unpaired) electrons. The number of nitrogen functional groups attached to an aromatic ring is 1. The Hall–Kier alpha value is -2.56. The summed E-state index contributed by atoms with van der Waals surface area (Å²) in [5, 5.41) is 11.1. The average molecular weight is 283 g/mol. The lowest BCUT2D eigenvalue weighted by molar-refractivity contribution is -0.385. The smallest absolute Gasteiger partial charge is 0.274 e. The Morgan fingerprint density at radius 3 is 2.86 bits per heavy atom. The van der Waals surface area contributed by atoms with E-state index in [9.17, 15) is 10.1 Å². The summed E-state index contributed by atoms with van der Waals surface area (Å²) in [6.07, 6.45) is 2.05. The van der Waals surface area contributed by atoms with Crippen molar-refractivity contribution in [3.8, 4) is 0 Å². The lowest BCUT2D eigenvalue weighted by Crippen LogP contribution is -2.29. The van der Waals surface area contributed by atoms with E-state index in [2.05, 4.69) is 4.90 Å². The van der Waals surface area contributed by atoms with E-state index in [1.807, 2.05) is 30.3 Å². The van der Waals surface area contributed by atoms with Gasteiger partial charge in [-0.05, 0) is 36.6 Å². The highest BCUT2D eigenvalue weighted by molar-refractivity contribution is 5.61. The molecule has 0 amide bonds. The van der Waals surface area contributed by atoms with E-state index in [1.165, 1.54) is 5.56 Å². The molecule has 108 valence electrons. The van der Waals surface area contributed by atoms with Gasteiger partial charge in [-0.1, -0.05) is 18.2 Å². The van der Waals surface area contributed by atoms with Gasteiger partial charge in [-0.3, -0.25) is 10.1 Å². The first-order valence-corrected chi connectivity index (χ1v) is 7.01. The predicted octanol–water partition coefficient (Wildman–Crippen LogP) is 3.13. The van der Waals surface area contributed by atoms with Gasteiger partial charge >= 0.3 is 0 Å². The predicted molar refractivity (Wildman–Crippen MR) is 83.3 cm³/mol. The molecule has 0 atom stereocenters. The maximum absolute atomic E-state index is 11.1. The molecule has 1 aliphatic heterocycles. The number of benzene rings is 2. The third-order valence-corrected chi connectivity index (χ3v) is 3.87. The number of nitrogens with zero attached hydrogens (tertiary/aromatic N) is 2. The van der Waals surface area contributed by atoms with E-state index in [1.54, 1.807) is 12.1 Å². The van der Waals surface area contributed by atoms with Crippen LogP contribution in [-0.2, 0) is 13.0 Å². The highest BCUT2D eigenvalue weighted by Crippen LogP contribution is 2.31. The second kappa shape index (κ2) is 5.44. The van der Waals surface area contributed by atoms with E-state index in [0.29, 0.717) is 6.54 Å². The monoisotopic (exact) mass is 283 g/mol. The van der Waals surface area contributed by atoms with Crippen LogP contribution in [0.2, 0.25) is 0 Å². The molecule has 2 aromatic rings. The minimum Gasteiger partial charge on any atom is -0.399 e. The molecule has 5 nitrogen and oxygen atoms in total. The standard InChI is InChI=1S/C16H17N3O2/c17-14-7-8-15-12(10-14)5-3-9-18(15)11-13-4-1-2-6-16(13)19(20)21/h1-2,4,6-8,10H,3,5,9,11,17H2. The summed E-state index contributed by atoms with van der Waals surface area (Å²) in [6.45, 7) is 1.46. The minimum absolute atomic E-state index is 0.181. The molecule has 0 unspecified atom stereocenters. The molecule has 1 heterocycles. The van der Waals surface area contributed by atoms with Crippen molar-refractivity contribution in [2.75, 3.05) is 17.2 Å². The summed E-state index contributed by atoms with van der Waals surface area (Å²) in [4.78, 5) is 13.0. The second-order valence-electron chi connectivity index (χ2n) is 5.30. The van der Waals surface area contributed by atoms with Gasteiger partial charge in [0.05, 0.1) is 4.92 Å². The molecular formula is C16H17N3O2. The summed E-state index contributed by atoms with van der Waals surface area (Å²) in [5.74, 6) is 0. The number of para-hydroxylation sites is 1. The summed E-state index contributed by atoms with van der Waals surface area (Å²) in [5.41, 5.74) is 9.88. The molecule has 0 spiro atoms. The lowest BCUT2D eigenvalue weighted by Gasteiger charge is -2.31. The molecule has 3 rings (SSSR count). The third-order valence-electron chi connectivity index (χ3n) is 3.87. The van der Waals surface area contributed by atoms with Crippen molar-refractivity contribution in [2.45, 2.75) is 19.4 Å². The van der Waals surface area contributed by atoms with Gasteiger partial charge in [0.25, 0.3) is 5.69 Å². The maximum Gasteiger partial charge on any atom is 0.274 e. The fourth-order valence-corrected chi connectivity index (χ4v) is 2.89. The zero-order valence-electron chi connectivity index (χ0n) is 11.7. The summed E-state index contributed by atoms with van der Waals surface area (Å²) in [7, 11) is 0. The summed E-state index contributed by atoms with van der Waals surface area (Å²) in [6, 6.07) is 12.8. The number of fused-ring (bicyclic) bond motifs is 1. The Bertz CT molecular complexity index is 685. The van der Waals surface area contributed by atoms with Gasteiger partial charge < -0.3 is 10.6 Å². The molecular weight excluding hydrogens is 266 g/mol. The Morgan fingerprint density at radius 2 is 2.05 bits per heavy atom. The molecule has 0 saturated heterocycles. The van der Waals surface area contributed by atoms with Crippen LogP contribution in [0.3, 0.4) is 0 Å². The first kappa shape index (κ1) is 13.4. The second-order valence-corrected chi connectivity index (χ2v) is 5.30. The molecule has 0 saturated carbocycles. The van der Waals surface area contributed by atoms with Gasteiger partial charge in [-0.25, -0.2) is 0 Å². The van der Waals surface area contributed by atoms with Crippen LogP contribution in [0.1, 0.15) is 17.5 Å². The quantitative estimate of drug-likeness (QED) is 0.533. The molecule has 2 aromatic carbocycles. The zero-order valence-corrected chi connectivity index (χ0v) is 11.7. The molecule has 2 N–H and O–H groups in total. The van der Waals surface area contributed by atoms with E-state index in [-0.39, 0.29) is 10.6 Å². The van der Waals surface area contributed by atoms with Crippen molar-refractivity contribution in [2.24, 2.45) is 0 Å². The van der Waals surface area contributed by atoms with Crippen LogP contribution in [0.25, 0.3) is 0 Å². The van der Waals surface area contributed by atoms with Crippen molar-refractivity contribution in [3.05, 3.63) is 63.7 Å². The van der Waals surface area contributed by atoms with Gasteiger partial charge in [-0.15, -0.1) is 0 Å². The van der Waals surface area contributed by atoms with Crippen molar-refractivity contribution in [1.82, 2.24) is 0 Å². The first-order chi connectivity index (χ1) is 10.1. The Morgan fingerprint density at radius 1 is 1.24 bits per heavy atom. The van der Waals surface area contributed by atoms with E-state index < -0.39 is 0 Å². The first-order valence-electron chi connectivity index (χ1n) is 7.01. The maximum atomic E-state index is 11.1. The lowest BCUT2D eigenvalue weighted by atomic mass is 10.00. The van der Waals surface area contributed by atoms with Crippen LogP contribution in [-0.4, -0.2) is 11.5 Å². The number of nitrogens with two attached hydrogens (primary N) is 1. The van der Waals surface area contributed by atoms with Crippen LogP contribution in [0, 0.1) is 10.1 Å². The van der Waals surface area contributed by atoms with Crippen LogP contribution in [0.5, 0.6) is 0 Å². The van der Waals surface area contributed by atoms with Gasteiger partial charge in [-0.2, -0.15) is 0 Å². The van der Waals surface area contributed by atoms with Gasteiger partial charge in [0.15, 0.2) is 0 Å². The molecule has 5 heteroatoms. The minimum atomic E-state index is -0.316. The highest BCUT2D eigenvalue weighted by Gasteiger charge is 2.20. The fourth-order valence-electron chi connectivity index (χ4n) is 2.89. The van der Waals surface area contributed by atoms with Crippen LogP contribution in [0.4, 0.5) is 17.1 Å². The van der Waals surface area contributed by atoms with Gasteiger partial charge in [0.2, 0.25) is 0 Å². The Labute approximate surface area is 123 Å². The zero-order chi connectivity index (χ0) is 14.8. The van der Waals surface area contributed by atoms with Gasteiger partial charge in [0.1, 0.15) is 0 Å². The van der Waals surface area contributed by atoms with Crippen molar-refractivity contribution in [3.63, 3.8) is 0 Å². The largest absolute Gasteiger partial charge is 0.399 e. The normalized spacial score (nSPS) is 13.8. The third kappa shape index (κ3) is 2.67. The summed E-state index contributed by atoms with van der Waals surface area (Å²) < 4.78 is 0. The van der Waals surface area contributed by atoms with Gasteiger partial charge in [0, 0.05) is 36.1 Å². The number of aryl methyl sites for hydroxylation is 1. The Kier molecular flexibility index (Phi) is 3.48. The fraction of sp³-hybridized carbons (Fsp3) is 0.250. The number of nitro groups is 1. The van der Waals surface area contributed by atoms with Crippen molar-refractivity contribution < 1.29 is 4.92 Å². The van der Waals surface area contributed by atoms with Crippen molar-refractivity contribution >= 4 is 17.1 Å². The van der Waals surface area contributed by atoms with E-state index >= 15 is 0 Å². The van der Waals surface area contributed by atoms with Crippen LogP contribution >= 0.6 is 0 Å². The topological polar surface area (TPSA) is 72.4 Å². The van der Waals surface area contributed by atoms with Crippen LogP contribution in [0.15, 0.2) is 42.5 Å². The summed E-state index contributed by atoms with van der Waals surface area (Å²) >= 11 is 0. The molecule has 0 fully saturated rings. The highest BCUT2D eigenvalue weighted by atomic mass is 16.6. The molecule has 1 aliphatic rings. The Balaban J connectivity index is 1.92. The molecule has 0 aromatic heterocycles. The molecule has 0 bridgehead atoms. The van der Waals surface area contributed by atoms with E-state index in [4.69, 9.17) is 5.73 Å². The average Bonchev–Trinajstić information content (AvgIpc) is 2.47. The van der Waals surface area contributed by atoms with Crippen LogP contribution < -0.4 is 10.6 Å². The molecule has 0 aliphatic carbocycles. The number of hydrogen-bond donors (Lipinski definition) is 1. The number of anilines is 2. The number of nitro benzene ring substituents is 1.